The van der Waals surface area contributed by atoms with E-state index in [0.29, 0.717) is 49.3 Å². The van der Waals surface area contributed by atoms with Crippen LogP contribution in [0, 0.1) is 13.8 Å². The predicted octanol–water partition coefficient (Wildman–Crippen LogP) is 3.01. The topological polar surface area (TPSA) is 64.0 Å². The second-order valence-corrected chi connectivity index (χ2v) is 7.90. The number of amides is 2. The Morgan fingerprint density at radius 3 is 2.14 bits per heavy atom. The first-order valence-corrected chi connectivity index (χ1v) is 10.0. The number of hydrogen-bond donors (Lipinski definition) is 0. The number of carbonyl (C=O) groups excluding carboxylic acids is 2. The van der Waals surface area contributed by atoms with Gasteiger partial charge in [-0.25, -0.2) is 0 Å². The Labute approximate surface area is 170 Å². The van der Waals surface area contributed by atoms with E-state index in [2.05, 4.69) is 18.4 Å². The van der Waals surface area contributed by atoms with Crippen molar-refractivity contribution in [2.45, 2.75) is 33.7 Å². The average Bonchev–Trinajstić information content (AvgIpc) is 3.30. The smallest absolute Gasteiger partial charge is 0.255 e. The highest BCUT2D eigenvalue weighted by Gasteiger charge is 2.28. The molecule has 2 aliphatic rings. The van der Waals surface area contributed by atoms with Crippen LogP contribution in [0.2, 0.25) is 0 Å². The van der Waals surface area contributed by atoms with E-state index in [1.807, 2.05) is 24.8 Å². The van der Waals surface area contributed by atoms with Gasteiger partial charge >= 0.3 is 0 Å². The van der Waals surface area contributed by atoms with Crippen molar-refractivity contribution < 1.29 is 19.1 Å². The zero-order valence-electron chi connectivity index (χ0n) is 17.4. The third-order valence-electron chi connectivity index (χ3n) is 5.70. The average molecular weight is 397 g/mol. The summed E-state index contributed by atoms with van der Waals surface area (Å²) in [6.45, 7) is 10.5. The van der Waals surface area contributed by atoms with Crippen LogP contribution in [0.5, 0.6) is 11.5 Å². The second-order valence-electron chi connectivity index (χ2n) is 7.90. The molecule has 7 heteroatoms. The van der Waals surface area contributed by atoms with Gasteiger partial charge in [-0.05, 0) is 52.0 Å². The minimum atomic E-state index is -0.0478. The first-order chi connectivity index (χ1) is 13.9. The highest BCUT2D eigenvalue weighted by molar-refractivity contribution is 5.97. The van der Waals surface area contributed by atoms with Gasteiger partial charge in [-0.1, -0.05) is 0 Å². The Morgan fingerprint density at radius 2 is 1.52 bits per heavy atom. The van der Waals surface area contributed by atoms with Crippen LogP contribution in [0.15, 0.2) is 24.3 Å². The van der Waals surface area contributed by atoms with Crippen LogP contribution in [0.1, 0.15) is 52.0 Å². The summed E-state index contributed by atoms with van der Waals surface area (Å²) in [7, 11) is 0. The van der Waals surface area contributed by atoms with Gasteiger partial charge in [0.1, 0.15) is 0 Å². The van der Waals surface area contributed by atoms with Gasteiger partial charge in [0.15, 0.2) is 11.5 Å². The van der Waals surface area contributed by atoms with Gasteiger partial charge in [-0.3, -0.25) is 9.59 Å². The Morgan fingerprint density at radius 1 is 0.897 bits per heavy atom. The van der Waals surface area contributed by atoms with E-state index in [1.54, 1.807) is 23.1 Å². The fourth-order valence-electron chi connectivity index (χ4n) is 4.28. The number of benzene rings is 1. The monoisotopic (exact) mass is 397 g/mol. The van der Waals surface area contributed by atoms with E-state index in [4.69, 9.17) is 9.47 Å². The molecule has 0 radical (unpaired) electrons. The molecule has 0 unspecified atom stereocenters. The van der Waals surface area contributed by atoms with Gasteiger partial charge in [0.05, 0.1) is 5.56 Å². The normalized spacial score (nSPS) is 15.9. The molecular formula is C22H27N3O4. The molecule has 3 heterocycles. The van der Waals surface area contributed by atoms with E-state index in [0.717, 1.165) is 17.0 Å². The van der Waals surface area contributed by atoms with Gasteiger partial charge in [-0.2, -0.15) is 0 Å². The fourth-order valence-corrected chi connectivity index (χ4v) is 4.28. The summed E-state index contributed by atoms with van der Waals surface area (Å²) in [5, 5.41) is 0. The number of nitrogens with zero attached hydrogens (tertiary/aromatic N) is 3. The standard InChI is InChI=1S/C22H27N3O4/c1-14(2)25-15(3)11-18(16(25)4)22(27)24-9-7-23(8-10-24)21(26)17-5-6-19-20(12-17)29-13-28-19/h5-6,11-12,14H,7-10,13H2,1-4H3. The molecule has 2 aliphatic heterocycles. The number of fused-ring (bicyclic) bond motifs is 1. The number of hydrogen-bond acceptors (Lipinski definition) is 4. The molecule has 2 amide bonds. The van der Waals surface area contributed by atoms with Crippen LogP contribution >= 0.6 is 0 Å². The van der Waals surface area contributed by atoms with Crippen molar-refractivity contribution in [1.29, 1.82) is 0 Å². The Bertz CT molecular complexity index is 955. The summed E-state index contributed by atoms with van der Waals surface area (Å²) in [6, 6.07) is 7.53. The lowest BCUT2D eigenvalue weighted by Crippen LogP contribution is -2.50. The molecule has 1 fully saturated rings. The van der Waals surface area contributed by atoms with Crippen LogP contribution in [-0.4, -0.2) is 59.2 Å². The van der Waals surface area contributed by atoms with Crippen LogP contribution in [-0.2, 0) is 0 Å². The Balaban J connectivity index is 1.42. The molecule has 1 saturated heterocycles. The second kappa shape index (κ2) is 7.46. The van der Waals surface area contributed by atoms with Crippen LogP contribution in [0.3, 0.4) is 0 Å². The molecule has 0 spiro atoms. The predicted molar refractivity (Wildman–Crippen MR) is 109 cm³/mol. The zero-order chi connectivity index (χ0) is 20.7. The first kappa shape index (κ1) is 19.4. The van der Waals surface area contributed by atoms with E-state index in [1.165, 1.54) is 0 Å². The number of carbonyl (C=O) groups is 2. The van der Waals surface area contributed by atoms with Crippen molar-refractivity contribution >= 4 is 11.8 Å². The van der Waals surface area contributed by atoms with Crippen LogP contribution in [0.25, 0.3) is 0 Å². The molecule has 4 rings (SSSR count). The molecule has 0 N–H and O–H groups in total. The lowest BCUT2D eigenvalue weighted by atomic mass is 10.1. The van der Waals surface area contributed by atoms with Gasteiger partial charge < -0.3 is 23.8 Å². The minimum absolute atomic E-state index is 0.0418. The van der Waals surface area contributed by atoms with Crippen molar-refractivity contribution in [3.05, 3.63) is 46.8 Å². The number of aryl methyl sites for hydroxylation is 1. The van der Waals surface area contributed by atoms with E-state index >= 15 is 0 Å². The van der Waals surface area contributed by atoms with Crippen LogP contribution < -0.4 is 9.47 Å². The SMILES string of the molecule is Cc1cc(C(=O)N2CCN(C(=O)c3ccc4c(c3)OCO4)CC2)c(C)n1C(C)C. The molecule has 0 atom stereocenters. The highest BCUT2D eigenvalue weighted by atomic mass is 16.7. The van der Waals surface area contributed by atoms with Crippen molar-refractivity contribution in [3.63, 3.8) is 0 Å². The van der Waals surface area contributed by atoms with E-state index < -0.39 is 0 Å². The molecule has 1 aromatic heterocycles. The van der Waals surface area contributed by atoms with Crippen molar-refractivity contribution in [2.24, 2.45) is 0 Å². The summed E-state index contributed by atoms with van der Waals surface area (Å²) in [5.41, 5.74) is 3.43. The first-order valence-electron chi connectivity index (χ1n) is 10.0. The molecule has 0 saturated carbocycles. The summed E-state index contributed by atoms with van der Waals surface area (Å²) >= 11 is 0. The number of rotatable bonds is 3. The lowest BCUT2D eigenvalue weighted by molar-refractivity contribution is 0.0535. The molecule has 1 aromatic carbocycles. The maximum atomic E-state index is 13.1. The number of aromatic nitrogens is 1. The summed E-state index contributed by atoms with van der Waals surface area (Å²) in [5.74, 6) is 1.26. The Hall–Kier alpha value is -2.96. The van der Waals surface area contributed by atoms with Gasteiger partial charge in [-0.15, -0.1) is 0 Å². The summed E-state index contributed by atoms with van der Waals surface area (Å²) in [6.07, 6.45) is 0. The van der Waals surface area contributed by atoms with Gasteiger partial charge in [0, 0.05) is 49.2 Å². The molecular weight excluding hydrogens is 370 g/mol. The molecule has 154 valence electrons. The highest BCUT2D eigenvalue weighted by Crippen LogP contribution is 2.33. The molecule has 29 heavy (non-hydrogen) atoms. The third-order valence-corrected chi connectivity index (χ3v) is 5.70. The largest absolute Gasteiger partial charge is 0.454 e. The fraction of sp³-hybridized carbons (Fsp3) is 0.455. The summed E-state index contributed by atoms with van der Waals surface area (Å²) in [4.78, 5) is 29.5. The summed E-state index contributed by atoms with van der Waals surface area (Å²) < 4.78 is 12.9. The van der Waals surface area contributed by atoms with E-state index in [-0.39, 0.29) is 18.6 Å². The van der Waals surface area contributed by atoms with Crippen LogP contribution in [0.4, 0.5) is 0 Å². The minimum Gasteiger partial charge on any atom is -0.454 e. The molecule has 2 aromatic rings. The molecule has 0 bridgehead atoms. The Kier molecular flexibility index (Phi) is 4.98. The molecule has 7 nitrogen and oxygen atoms in total. The van der Waals surface area contributed by atoms with Crippen molar-refractivity contribution in [3.8, 4) is 11.5 Å². The van der Waals surface area contributed by atoms with E-state index in [9.17, 15) is 9.59 Å². The van der Waals surface area contributed by atoms with Crippen molar-refractivity contribution in [1.82, 2.24) is 14.4 Å². The maximum Gasteiger partial charge on any atom is 0.255 e. The zero-order valence-corrected chi connectivity index (χ0v) is 17.4. The van der Waals surface area contributed by atoms with Gasteiger partial charge in [0.25, 0.3) is 11.8 Å². The third kappa shape index (κ3) is 3.45. The quantitative estimate of drug-likeness (QED) is 0.799. The van der Waals surface area contributed by atoms with Gasteiger partial charge in [0.2, 0.25) is 6.79 Å². The van der Waals surface area contributed by atoms with Crippen molar-refractivity contribution in [2.75, 3.05) is 33.0 Å². The maximum absolute atomic E-state index is 13.1. The number of piperazine rings is 1. The lowest BCUT2D eigenvalue weighted by Gasteiger charge is -2.35. The number of ether oxygens (including phenoxy) is 2. The molecule has 0 aliphatic carbocycles.